The fourth-order valence-corrected chi connectivity index (χ4v) is 2.19. The summed E-state index contributed by atoms with van der Waals surface area (Å²) < 4.78 is 0. The van der Waals surface area contributed by atoms with E-state index in [-0.39, 0.29) is 6.04 Å². The monoisotopic (exact) mass is 245 g/mol. The minimum atomic E-state index is -0.163. The predicted octanol–water partition coefficient (Wildman–Crippen LogP) is 4.00. The first-order chi connectivity index (χ1) is 8.08. The lowest BCUT2D eigenvalue weighted by Gasteiger charge is -2.15. The van der Waals surface area contributed by atoms with Crippen LogP contribution >= 0.6 is 11.6 Å². The molecule has 0 fully saturated rings. The maximum absolute atomic E-state index is 6.23. The Morgan fingerprint density at radius 3 is 2.12 bits per heavy atom. The van der Waals surface area contributed by atoms with E-state index in [9.17, 15) is 0 Å². The van der Waals surface area contributed by atoms with Gasteiger partial charge in [0.2, 0.25) is 0 Å². The molecule has 2 aromatic carbocycles. The number of aryl methyl sites for hydroxylation is 2. The number of rotatable bonds is 2. The van der Waals surface area contributed by atoms with Gasteiger partial charge in [0, 0.05) is 5.02 Å². The highest BCUT2D eigenvalue weighted by atomic mass is 35.5. The molecular formula is C15H16ClN. The third-order valence-corrected chi connectivity index (χ3v) is 3.25. The minimum absolute atomic E-state index is 0.163. The molecule has 0 aliphatic heterocycles. The summed E-state index contributed by atoms with van der Waals surface area (Å²) in [6.45, 7) is 4.08. The molecule has 0 saturated carbocycles. The third-order valence-electron chi connectivity index (χ3n) is 2.93. The Hall–Kier alpha value is -1.31. The van der Waals surface area contributed by atoms with Crippen molar-refractivity contribution in [2.45, 2.75) is 19.9 Å². The largest absolute Gasteiger partial charge is 0.320 e. The van der Waals surface area contributed by atoms with Crippen molar-refractivity contribution in [1.82, 2.24) is 0 Å². The van der Waals surface area contributed by atoms with Crippen LogP contribution in [0.2, 0.25) is 5.02 Å². The summed E-state index contributed by atoms with van der Waals surface area (Å²) >= 11 is 6.23. The Morgan fingerprint density at radius 2 is 1.53 bits per heavy atom. The lowest BCUT2D eigenvalue weighted by molar-refractivity contribution is 0.870. The van der Waals surface area contributed by atoms with Crippen molar-refractivity contribution < 1.29 is 0 Å². The summed E-state index contributed by atoms with van der Waals surface area (Å²) in [5, 5.41) is 0.734. The van der Waals surface area contributed by atoms with E-state index >= 15 is 0 Å². The maximum atomic E-state index is 6.23. The summed E-state index contributed by atoms with van der Waals surface area (Å²) in [7, 11) is 0. The van der Waals surface area contributed by atoms with Gasteiger partial charge >= 0.3 is 0 Å². The average Bonchev–Trinajstić information content (AvgIpc) is 2.29. The zero-order chi connectivity index (χ0) is 12.4. The minimum Gasteiger partial charge on any atom is -0.320 e. The summed E-state index contributed by atoms with van der Waals surface area (Å²) in [6.07, 6.45) is 0. The van der Waals surface area contributed by atoms with Crippen molar-refractivity contribution >= 4 is 11.6 Å². The van der Waals surface area contributed by atoms with E-state index < -0.39 is 0 Å². The highest BCUT2D eigenvalue weighted by Gasteiger charge is 2.12. The first-order valence-electron chi connectivity index (χ1n) is 5.66. The summed E-state index contributed by atoms with van der Waals surface area (Å²) in [5.41, 5.74) is 10.7. The molecule has 17 heavy (non-hydrogen) atoms. The molecule has 2 N–H and O–H groups in total. The van der Waals surface area contributed by atoms with Gasteiger partial charge in [-0.2, -0.15) is 0 Å². The molecule has 2 aromatic rings. The highest BCUT2D eigenvalue weighted by Crippen LogP contribution is 2.27. The second-order valence-corrected chi connectivity index (χ2v) is 4.82. The molecular weight excluding hydrogens is 230 g/mol. The van der Waals surface area contributed by atoms with Crippen LogP contribution in [0.1, 0.15) is 28.3 Å². The average molecular weight is 246 g/mol. The number of hydrogen-bond donors (Lipinski definition) is 1. The molecule has 0 radical (unpaired) electrons. The number of hydrogen-bond acceptors (Lipinski definition) is 1. The first kappa shape index (κ1) is 12.2. The van der Waals surface area contributed by atoms with Crippen LogP contribution in [0.3, 0.4) is 0 Å². The lowest BCUT2D eigenvalue weighted by atomic mass is 9.98. The summed E-state index contributed by atoms with van der Waals surface area (Å²) in [5.74, 6) is 0. The number of nitrogens with two attached hydrogens (primary N) is 1. The predicted molar refractivity (Wildman–Crippen MR) is 73.4 cm³/mol. The summed E-state index contributed by atoms with van der Waals surface area (Å²) in [4.78, 5) is 0. The molecule has 0 bridgehead atoms. The molecule has 88 valence electrons. The molecule has 0 spiro atoms. The van der Waals surface area contributed by atoms with Crippen LogP contribution in [0.4, 0.5) is 0 Å². The van der Waals surface area contributed by atoms with Gasteiger partial charge in [-0.1, -0.05) is 53.6 Å². The van der Waals surface area contributed by atoms with Gasteiger partial charge in [-0.15, -0.1) is 0 Å². The van der Waals surface area contributed by atoms with E-state index in [2.05, 4.69) is 31.2 Å². The molecule has 1 atom stereocenters. The van der Waals surface area contributed by atoms with Gasteiger partial charge in [0.15, 0.2) is 0 Å². The van der Waals surface area contributed by atoms with E-state index in [1.165, 1.54) is 5.56 Å². The lowest BCUT2D eigenvalue weighted by Crippen LogP contribution is -2.12. The third kappa shape index (κ3) is 2.68. The number of benzene rings is 2. The normalized spacial score (nSPS) is 12.5. The first-order valence-corrected chi connectivity index (χ1v) is 6.04. The molecule has 2 rings (SSSR count). The van der Waals surface area contributed by atoms with Gasteiger partial charge < -0.3 is 5.73 Å². The van der Waals surface area contributed by atoms with Crippen LogP contribution < -0.4 is 5.73 Å². The Morgan fingerprint density at radius 1 is 0.941 bits per heavy atom. The molecule has 0 saturated heterocycles. The Labute approximate surface area is 107 Å². The van der Waals surface area contributed by atoms with Crippen molar-refractivity contribution in [1.29, 1.82) is 0 Å². The van der Waals surface area contributed by atoms with Gasteiger partial charge in [0.25, 0.3) is 0 Å². The van der Waals surface area contributed by atoms with E-state index in [0.29, 0.717) is 0 Å². The molecule has 0 heterocycles. The molecule has 0 aromatic heterocycles. The van der Waals surface area contributed by atoms with Gasteiger partial charge in [-0.05, 0) is 36.6 Å². The second kappa shape index (κ2) is 4.91. The van der Waals surface area contributed by atoms with Crippen LogP contribution in [-0.2, 0) is 0 Å². The highest BCUT2D eigenvalue weighted by molar-refractivity contribution is 6.31. The fraction of sp³-hybridized carbons (Fsp3) is 0.200. The van der Waals surface area contributed by atoms with Crippen molar-refractivity contribution in [2.75, 3.05) is 0 Å². The number of halogens is 1. The van der Waals surface area contributed by atoms with E-state index in [0.717, 1.165) is 21.7 Å². The molecule has 0 amide bonds. The van der Waals surface area contributed by atoms with Gasteiger partial charge in [0.1, 0.15) is 0 Å². The molecule has 0 aliphatic rings. The summed E-state index contributed by atoms with van der Waals surface area (Å²) in [6, 6.07) is 14.1. The van der Waals surface area contributed by atoms with Crippen LogP contribution in [0.15, 0.2) is 42.5 Å². The van der Waals surface area contributed by atoms with E-state index in [1.54, 1.807) is 0 Å². The van der Waals surface area contributed by atoms with Crippen molar-refractivity contribution in [3.05, 3.63) is 69.7 Å². The van der Waals surface area contributed by atoms with Crippen LogP contribution in [0.5, 0.6) is 0 Å². The van der Waals surface area contributed by atoms with Gasteiger partial charge in [-0.25, -0.2) is 0 Å². The topological polar surface area (TPSA) is 26.0 Å². The molecule has 2 heteroatoms. The van der Waals surface area contributed by atoms with E-state index in [1.807, 2.05) is 25.1 Å². The van der Waals surface area contributed by atoms with Crippen molar-refractivity contribution in [3.63, 3.8) is 0 Å². The molecule has 1 unspecified atom stereocenters. The smallest absolute Gasteiger partial charge is 0.0566 e. The standard InChI is InChI=1S/C15H16ClN/c1-10-3-6-12(7-4-10)15(17)13-8-5-11(2)9-14(13)16/h3-9,15H,17H2,1-2H3. The second-order valence-electron chi connectivity index (χ2n) is 4.41. The van der Waals surface area contributed by atoms with Crippen LogP contribution in [0, 0.1) is 13.8 Å². The van der Waals surface area contributed by atoms with Crippen molar-refractivity contribution in [3.8, 4) is 0 Å². The maximum Gasteiger partial charge on any atom is 0.0566 e. The van der Waals surface area contributed by atoms with Crippen LogP contribution in [-0.4, -0.2) is 0 Å². The zero-order valence-corrected chi connectivity index (χ0v) is 10.8. The Kier molecular flexibility index (Phi) is 3.51. The molecule has 1 nitrogen and oxygen atoms in total. The molecule has 0 aliphatic carbocycles. The van der Waals surface area contributed by atoms with E-state index in [4.69, 9.17) is 17.3 Å². The quantitative estimate of drug-likeness (QED) is 0.850. The van der Waals surface area contributed by atoms with Crippen LogP contribution in [0.25, 0.3) is 0 Å². The van der Waals surface area contributed by atoms with Crippen molar-refractivity contribution in [2.24, 2.45) is 5.73 Å². The zero-order valence-electron chi connectivity index (χ0n) is 10.1. The Balaban J connectivity index is 2.36. The van der Waals surface area contributed by atoms with Gasteiger partial charge in [-0.3, -0.25) is 0 Å². The Bertz CT molecular complexity index is 517. The fourth-order valence-electron chi connectivity index (χ4n) is 1.84. The SMILES string of the molecule is Cc1ccc(C(N)c2ccc(C)cc2Cl)cc1. The van der Waals surface area contributed by atoms with Gasteiger partial charge in [0.05, 0.1) is 6.04 Å².